The minimum atomic E-state index is -0.0114. The van der Waals surface area contributed by atoms with Gasteiger partial charge in [0, 0.05) is 40.2 Å². The van der Waals surface area contributed by atoms with E-state index in [0.717, 1.165) is 0 Å². The molecule has 0 heterocycles. The minimum absolute atomic E-state index is 0.0114. The average molecular weight is 859 g/mol. The molecule has 0 amide bonds. The SMILES string of the molecule is Cc1cc(N(C2=CC(c3ccccc3)=C3C=CC4=C5C(=CC=C2C35)C(c2ccccc2)C=C4N(c2cc(C)c(C)c(C)c2)c2cc(C)c(C)c(C)c2)c2cc(C)c(C)c(C)c2)cc(C)c1C. The van der Waals surface area contributed by atoms with Gasteiger partial charge in [-0.25, -0.2) is 0 Å². The third kappa shape index (κ3) is 7.10. The molecule has 4 aliphatic rings. The maximum atomic E-state index is 2.57. The van der Waals surface area contributed by atoms with E-state index >= 15 is 0 Å². The second-order valence-corrected chi connectivity index (χ2v) is 19.5. The topological polar surface area (TPSA) is 6.48 Å². The van der Waals surface area contributed by atoms with Crippen molar-refractivity contribution in [3.63, 3.8) is 0 Å². The third-order valence-electron chi connectivity index (χ3n) is 15.6. The van der Waals surface area contributed by atoms with E-state index in [0.29, 0.717) is 0 Å². The maximum absolute atomic E-state index is 2.57. The molecule has 0 saturated carbocycles. The summed E-state index contributed by atoms with van der Waals surface area (Å²) < 4.78 is 0. The maximum Gasteiger partial charge on any atom is 0.0509 e. The van der Waals surface area contributed by atoms with Gasteiger partial charge in [0.05, 0.1) is 11.4 Å². The Morgan fingerprint density at radius 1 is 0.394 bits per heavy atom. The smallest absolute Gasteiger partial charge is 0.0509 e. The summed E-state index contributed by atoms with van der Waals surface area (Å²) in [5, 5.41) is 0. The Morgan fingerprint density at radius 3 is 1.23 bits per heavy atom. The molecule has 2 heteroatoms. The zero-order chi connectivity index (χ0) is 46.3. The van der Waals surface area contributed by atoms with Gasteiger partial charge in [-0.1, -0.05) is 85.0 Å². The van der Waals surface area contributed by atoms with E-state index in [1.807, 2.05) is 0 Å². The van der Waals surface area contributed by atoms with Gasteiger partial charge in [-0.15, -0.1) is 0 Å². The van der Waals surface area contributed by atoms with Gasteiger partial charge in [0.2, 0.25) is 0 Å². The number of anilines is 4. The van der Waals surface area contributed by atoms with Crippen LogP contribution in [0.2, 0.25) is 0 Å². The zero-order valence-corrected chi connectivity index (χ0v) is 40.9. The largest absolute Gasteiger partial charge is 0.310 e. The van der Waals surface area contributed by atoms with Crippen LogP contribution in [0.25, 0.3) is 5.57 Å². The Kier molecular flexibility index (Phi) is 10.8. The molecule has 6 aromatic rings. The molecule has 0 N–H and O–H groups in total. The molecule has 328 valence electrons. The first-order valence-corrected chi connectivity index (χ1v) is 23.7. The van der Waals surface area contributed by atoms with Gasteiger partial charge in [0.1, 0.15) is 0 Å². The lowest BCUT2D eigenvalue weighted by Crippen LogP contribution is -2.33. The van der Waals surface area contributed by atoms with Gasteiger partial charge >= 0.3 is 0 Å². The van der Waals surface area contributed by atoms with E-state index in [4.69, 9.17) is 0 Å². The van der Waals surface area contributed by atoms with Crippen LogP contribution in [0.15, 0.2) is 185 Å². The van der Waals surface area contributed by atoms with Crippen LogP contribution in [0, 0.1) is 89.0 Å². The highest BCUT2D eigenvalue weighted by molar-refractivity contribution is 5.91. The molecule has 0 aromatic heterocycles. The molecule has 0 aliphatic heterocycles. The number of hydrogen-bond donors (Lipinski definition) is 0. The van der Waals surface area contributed by atoms with Gasteiger partial charge in [-0.3, -0.25) is 0 Å². The van der Waals surface area contributed by atoms with Crippen molar-refractivity contribution in [2.75, 3.05) is 9.80 Å². The molecule has 4 aliphatic carbocycles. The predicted molar refractivity (Wildman–Crippen MR) is 281 cm³/mol. The number of benzene rings is 6. The molecular formula is C64H62N2. The van der Waals surface area contributed by atoms with Crippen molar-refractivity contribution in [1.82, 2.24) is 0 Å². The third-order valence-corrected chi connectivity index (χ3v) is 15.6. The van der Waals surface area contributed by atoms with Crippen LogP contribution in [0.3, 0.4) is 0 Å². The normalized spacial score (nSPS) is 17.3. The number of aryl methyl sites for hydroxylation is 8. The quantitative estimate of drug-likeness (QED) is 0.150. The Bertz CT molecular complexity index is 3040. The summed E-state index contributed by atoms with van der Waals surface area (Å²) in [5.74, 6) is 0.0199. The number of nitrogens with zero attached hydrogens (tertiary/aromatic N) is 2. The number of allylic oxidation sites excluding steroid dienone is 11. The van der Waals surface area contributed by atoms with E-state index in [-0.39, 0.29) is 11.8 Å². The van der Waals surface area contributed by atoms with E-state index in [9.17, 15) is 0 Å². The predicted octanol–water partition coefficient (Wildman–Crippen LogP) is 16.7. The van der Waals surface area contributed by atoms with E-state index < -0.39 is 0 Å². The monoisotopic (exact) mass is 858 g/mol. The molecule has 0 spiro atoms. The Balaban J connectivity index is 1.29. The van der Waals surface area contributed by atoms with E-state index in [2.05, 4.69) is 239 Å². The molecule has 2 nitrogen and oxygen atoms in total. The summed E-state index contributed by atoms with van der Waals surface area (Å²) in [6, 6.07) is 41.4. The molecule has 6 aromatic carbocycles. The summed E-state index contributed by atoms with van der Waals surface area (Å²) in [4.78, 5) is 5.14. The van der Waals surface area contributed by atoms with Gasteiger partial charge in [0.15, 0.2) is 0 Å². The molecule has 0 saturated heterocycles. The van der Waals surface area contributed by atoms with Crippen LogP contribution in [-0.2, 0) is 0 Å². The number of hydrogen-bond acceptors (Lipinski definition) is 2. The highest BCUT2D eigenvalue weighted by Crippen LogP contribution is 2.58. The highest BCUT2D eigenvalue weighted by Gasteiger charge is 2.44. The van der Waals surface area contributed by atoms with E-state index in [1.165, 1.54) is 145 Å². The summed E-state index contributed by atoms with van der Waals surface area (Å²) in [7, 11) is 0. The lowest BCUT2D eigenvalue weighted by molar-refractivity contribution is 0.777. The highest BCUT2D eigenvalue weighted by atomic mass is 15.2. The summed E-state index contributed by atoms with van der Waals surface area (Å²) in [6.07, 6.45) is 14.9. The number of rotatable bonds is 8. The Hall–Kier alpha value is -6.90. The van der Waals surface area contributed by atoms with Gasteiger partial charge in [-0.2, -0.15) is 0 Å². The van der Waals surface area contributed by atoms with Gasteiger partial charge < -0.3 is 9.80 Å². The Morgan fingerprint density at radius 2 is 0.788 bits per heavy atom. The van der Waals surface area contributed by atoms with Crippen LogP contribution in [0.1, 0.15) is 83.8 Å². The molecule has 0 bridgehead atoms. The van der Waals surface area contributed by atoms with Crippen LogP contribution >= 0.6 is 0 Å². The fourth-order valence-electron chi connectivity index (χ4n) is 10.9. The molecular weight excluding hydrogens is 797 g/mol. The fraction of sp³-hybridized carbons (Fsp3) is 0.219. The van der Waals surface area contributed by atoms with Crippen molar-refractivity contribution in [2.24, 2.45) is 5.92 Å². The lowest BCUT2D eigenvalue weighted by Gasteiger charge is -2.45. The first-order chi connectivity index (χ1) is 31.7. The van der Waals surface area contributed by atoms with Crippen molar-refractivity contribution in [2.45, 2.75) is 89.0 Å². The second-order valence-electron chi connectivity index (χ2n) is 19.5. The van der Waals surface area contributed by atoms with Crippen LogP contribution < -0.4 is 9.80 Å². The van der Waals surface area contributed by atoms with Gasteiger partial charge in [0.25, 0.3) is 0 Å². The molecule has 66 heavy (non-hydrogen) atoms. The first kappa shape index (κ1) is 43.0. The second kappa shape index (κ2) is 16.5. The fourth-order valence-corrected chi connectivity index (χ4v) is 10.9. The zero-order valence-electron chi connectivity index (χ0n) is 40.9. The standard InChI is InChI=1S/C64H62N2/c1-37-27-51(28-38(2)45(37)9)65(52-29-39(3)46(10)40(4)30-52)61-35-59(49-19-15-13-16-20-49)55-24-26-58-62(36-60(50-21-17-14-18-22-50)56-23-25-57(61)63(55)64(56)58)66(53-31-41(5)47(11)42(6)32-53)54-33-43(7)48(12)44(8)34-54/h13-36,59,64H,1-12H3. The van der Waals surface area contributed by atoms with Crippen molar-refractivity contribution < 1.29 is 0 Å². The van der Waals surface area contributed by atoms with Crippen molar-refractivity contribution in [1.29, 1.82) is 0 Å². The van der Waals surface area contributed by atoms with E-state index in [1.54, 1.807) is 0 Å². The first-order valence-electron chi connectivity index (χ1n) is 23.7. The van der Waals surface area contributed by atoms with Crippen molar-refractivity contribution in [3.8, 4) is 0 Å². The van der Waals surface area contributed by atoms with Crippen LogP contribution in [0.4, 0.5) is 22.7 Å². The van der Waals surface area contributed by atoms with Crippen molar-refractivity contribution >= 4 is 28.3 Å². The molecule has 0 fully saturated rings. The summed E-state index contributed by atoms with van der Waals surface area (Å²) >= 11 is 0. The lowest BCUT2D eigenvalue weighted by atomic mass is 9.63. The summed E-state index contributed by atoms with van der Waals surface area (Å²) in [5.41, 5.74) is 33.4. The Labute approximate surface area is 394 Å². The summed E-state index contributed by atoms with van der Waals surface area (Å²) in [6.45, 7) is 27.1. The van der Waals surface area contributed by atoms with Gasteiger partial charge in [-0.05, 0) is 250 Å². The van der Waals surface area contributed by atoms with Crippen molar-refractivity contribution in [3.05, 3.63) is 263 Å². The molecule has 2 atom stereocenters. The van der Waals surface area contributed by atoms with Crippen LogP contribution in [0.5, 0.6) is 0 Å². The minimum Gasteiger partial charge on any atom is -0.310 e. The molecule has 0 radical (unpaired) electrons. The molecule has 2 unspecified atom stereocenters. The molecule has 10 rings (SSSR count). The average Bonchev–Trinajstić information content (AvgIpc) is 3.31. The van der Waals surface area contributed by atoms with Crippen LogP contribution in [-0.4, -0.2) is 0 Å².